The SMILES string of the molecule is COc1ccc(-c2nc(C)c(C(=O)Nc3ccc(F)cc3C)s2)cc1OC. The van der Waals surface area contributed by atoms with Crippen LogP contribution in [0.1, 0.15) is 20.9 Å². The Morgan fingerprint density at radius 3 is 2.48 bits per heavy atom. The molecule has 0 aliphatic heterocycles. The summed E-state index contributed by atoms with van der Waals surface area (Å²) in [4.78, 5) is 17.7. The number of hydrogen-bond donors (Lipinski definition) is 1. The molecule has 140 valence electrons. The van der Waals surface area contributed by atoms with Gasteiger partial charge in [-0.25, -0.2) is 9.37 Å². The van der Waals surface area contributed by atoms with Gasteiger partial charge in [0.05, 0.1) is 19.9 Å². The number of anilines is 1. The van der Waals surface area contributed by atoms with E-state index in [0.717, 1.165) is 5.56 Å². The Kier molecular flexibility index (Phi) is 5.41. The third-order valence-electron chi connectivity index (χ3n) is 4.07. The van der Waals surface area contributed by atoms with Gasteiger partial charge >= 0.3 is 0 Å². The molecule has 0 radical (unpaired) electrons. The molecule has 27 heavy (non-hydrogen) atoms. The van der Waals surface area contributed by atoms with E-state index in [1.807, 2.05) is 12.1 Å². The van der Waals surface area contributed by atoms with E-state index in [4.69, 9.17) is 9.47 Å². The van der Waals surface area contributed by atoms with Crippen LogP contribution in [-0.4, -0.2) is 25.1 Å². The number of rotatable bonds is 5. The number of benzene rings is 2. The number of carbonyl (C=O) groups excluding carboxylic acids is 1. The number of carbonyl (C=O) groups is 1. The summed E-state index contributed by atoms with van der Waals surface area (Å²) in [5.74, 6) is 0.608. The first-order valence-corrected chi connectivity index (χ1v) is 9.02. The third-order valence-corrected chi connectivity index (χ3v) is 5.28. The predicted octanol–water partition coefficient (Wildman–Crippen LogP) is 4.84. The van der Waals surface area contributed by atoms with Crippen LogP contribution in [0.15, 0.2) is 36.4 Å². The van der Waals surface area contributed by atoms with Crippen LogP contribution < -0.4 is 14.8 Å². The van der Waals surface area contributed by atoms with Gasteiger partial charge in [0, 0.05) is 11.3 Å². The Morgan fingerprint density at radius 1 is 1.07 bits per heavy atom. The third kappa shape index (κ3) is 3.93. The van der Waals surface area contributed by atoms with E-state index in [1.54, 1.807) is 40.2 Å². The molecule has 0 aliphatic rings. The number of methoxy groups -OCH3 is 2. The molecule has 0 atom stereocenters. The molecular formula is C20H19FN2O3S. The molecule has 1 amide bonds. The Labute approximate surface area is 160 Å². The van der Waals surface area contributed by atoms with Crippen LogP contribution in [0.5, 0.6) is 11.5 Å². The van der Waals surface area contributed by atoms with E-state index < -0.39 is 0 Å². The van der Waals surface area contributed by atoms with Crippen LogP contribution in [0.25, 0.3) is 10.6 Å². The maximum atomic E-state index is 13.2. The van der Waals surface area contributed by atoms with Gasteiger partial charge < -0.3 is 14.8 Å². The van der Waals surface area contributed by atoms with E-state index in [1.165, 1.54) is 23.5 Å². The van der Waals surface area contributed by atoms with Gasteiger partial charge in [-0.05, 0) is 55.8 Å². The maximum absolute atomic E-state index is 13.2. The van der Waals surface area contributed by atoms with Crippen LogP contribution in [0.2, 0.25) is 0 Å². The lowest BCUT2D eigenvalue weighted by atomic mass is 10.2. The fourth-order valence-corrected chi connectivity index (χ4v) is 3.60. The second kappa shape index (κ2) is 7.75. The zero-order valence-electron chi connectivity index (χ0n) is 15.4. The summed E-state index contributed by atoms with van der Waals surface area (Å²) in [6.07, 6.45) is 0. The fraction of sp³-hybridized carbons (Fsp3) is 0.200. The summed E-state index contributed by atoms with van der Waals surface area (Å²) in [5.41, 5.74) is 2.69. The summed E-state index contributed by atoms with van der Waals surface area (Å²) in [5, 5.41) is 3.52. The number of halogens is 1. The molecule has 0 saturated heterocycles. The molecule has 0 spiro atoms. The molecule has 3 aromatic rings. The van der Waals surface area contributed by atoms with E-state index in [2.05, 4.69) is 10.3 Å². The molecule has 1 heterocycles. The second-order valence-corrected chi connectivity index (χ2v) is 6.92. The van der Waals surface area contributed by atoms with Crippen LogP contribution in [0.3, 0.4) is 0 Å². The Morgan fingerprint density at radius 2 is 1.81 bits per heavy atom. The maximum Gasteiger partial charge on any atom is 0.267 e. The number of thiazole rings is 1. The molecular weight excluding hydrogens is 367 g/mol. The Balaban J connectivity index is 1.89. The summed E-state index contributed by atoms with van der Waals surface area (Å²) in [7, 11) is 3.14. The van der Waals surface area contributed by atoms with Crippen molar-refractivity contribution in [2.75, 3.05) is 19.5 Å². The minimum absolute atomic E-state index is 0.272. The summed E-state index contributed by atoms with van der Waals surface area (Å²) in [6, 6.07) is 9.73. The van der Waals surface area contributed by atoms with Gasteiger partial charge in [-0.1, -0.05) is 0 Å². The predicted molar refractivity (Wildman–Crippen MR) is 104 cm³/mol. The van der Waals surface area contributed by atoms with Crippen LogP contribution in [0.4, 0.5) is 10.1 Å². The van der Waals surface area contributed by atoms with Gasteiger partial charge in [-0.3, -0.25) is 4.79 Å². The summed E-state index contributed by atoms with van der Waals surface area (Å²) in [6.45, 7) is 3.53. The number of amides is 1. The van der Waals surface area contributed by atoms with Crippen molar-refractivity contribution in [2.45, 2.75) is 13.8 Å². The number of aromatic nitrogens is 1. The highest BCUT2D eigenvalue weighted by Gasteiger charge is 2.18. The van der Waals surface area contributed by atoms with Gasteiger partial charge in [-0.15, -0.1) is 11.3 Å². The normalized spacial score (nSPS) is 10.6. The van der Waals surface area contributed by atoms with Crippen molar-refractivity contribution in [1.29, 1.82) is 0 Å². The summed E-state index contributed by atoms with van der Waals surface area (Å²) < 4.78 is 23.8. The van der Waals surface area contributed by atoms with Gasteiger partial charge in [0.15, 0.2) is 11.5 Å². The largest absolute Gasteiger partial charge is 0.493 e. The van der Waals surface area contributed by atoms with Crippen molar-refractivity contribution in [3.05, 3.63) is 58.3 Å². The van der Waals surface area contributed by atoms with Crippen molar-refractivity contribution in [3.63, 3.8) is 0 Å². The molecule has 1 aromatic heterocycles. The quantitative estimate of drug-likeness (QED) is 0.682. The first kappa shape index (κ1) is 18.8. The summed E-state index contributed by atoms with van der Waals surface area (Å²) >= 11 is 1.29. The van der Waals surface area contributed by atoms with Crippen LogP contribution in [-0.2, 0) is 0 Å². The molecule has 3 rings (SSSR count). The fourth-order valence-electron chi connectivity index (χ4n) is 2.65. The molecule has 0 fully saturated rings. The molecule has 0 unspecified atom stereocenters. The van der Waals surface area contributed by atoms with Crippen LogP contribution >= 0.6 is 11.3 Å². The lowest BCUT2D eigenvalue weighted by Gasteiger charge is -2.08. The van der Waals surface area contributed by atoms with Crippen molar-refractivity contribution < 1.29 is 18.7 Å². The number of nitrogens with one attached hydrogen (secondary N) is 1. The highest BCUT2D eigenvalue weighted by molar-refractivity contribution is 7.17. The van der Waals surface area contributed by atoms with E-state index in [0.29, 0.717) is 38.3 Å². The van der Waals surface area contributed by atoms with Crippen LogP contribution in [0, 0.1) is 19.7 Å². The van der Waals surface area contributed by atoms with Crippen molar-refractivity contribution >= 4 is 22.9 Å². The smallest absolute Gasteiger partial charge is 0.267 e. The van der Waals surface area contributed by atoms with Gasteiger partial charge in [-0.2, -0.15) is 0 Å². The molecule has 0 bridgehead atoms. The number of nitrogens with zero attached hydrogens (tertiary/aromatic N) is 1. The standard InChI is InChI=1S/C20H19FN2O3S/c1-11-9-14(21)6-7-15(11)23-19(24)18-12(2)22-20(27-18)13-5-8-16(25-3)17(10-13)26-4/h5-10H,1-4H3,(H,23,24). The highest BCUT2D eigenvalue weighted by Crippen LogP contribution is 2.35. The highest BCUT2D eigenvalue weighted by atomic mass is 32.1. The lowest BCUT2D eigenvalue weighted by Crippen LogP contribution is -2.12. The van der Waals surface area contributed by atoms with Gasteiger partial charge in [0.25, 0.3) is 5.91 Å². The van der Waals surface area contributed by atoms with E-state index >= 15 is 0 Å². The Hall–Kier alpha value is -2.93. The minimum Gasteiger partial charge on any atom is -0.493 e. The minimum atomic E-state index is -0.338. The first-order valence-electron chi connectivity index (χ1n) is 8.20. The molecule has 1 N–H and O–H groups in total. The molecule has 7 heteroatoms. The number of ether oxygens (including phenoxy) is 2. The lowest BCUT2D eigenvalue weighted by molar-refractivity contribution is 0.102. The second-order valence-electron chi connectivity index (χ2n) is 5.92. The zero-order valence-corrected chi connectivity index (χ0v) is 16.2. The molecule has 0 saturated carbocycles. The Bertz CT molecular complexity index is 1000. The number of aryl methyl sites for hydroxylation is 2. The topological polar surface area (TPSA) is 60.5 Å². The van der Waals surface area contributed by atoms with E-state index in [9.17, 15) is 9.18 Å². The first-order chi connectivity index (χ1) is 12.9. The van der Waals surface area contributed by atoms with Crippen molar-refractivity contribution in [1.82, 2.24) is 4.98 Å². The molecule has 2 aromatic carbocycles. The van der Waals surface area contributed by atoms with Gasteiger partial charge in [0.2, 0.25) is 0 Å². The molecule has 5 nitrogen and oxygen atoms in total. The van der Waals surface area contributed by atoms with Crippen molar-refractivity contribution in [3.8, 4) is 22.1 Å². The van der Waals surface area contributed by atoms with Gasteiger partial charge in [0.1, 0.15) is 15.7 Å². The monoisotopic (exact) mass is 386 g/mol. The number of hydrogen-bond acceptors (Lipinski definition) is 5. The molecule has 0 aliphatic carbocycles. The average Bonchev–Trinajstić information content (AvgIpc) is 3.05. The van der Waals surface area contributed by atoms with Crippen molar-refractivity contribution in [2.24, 2.45) is 0 Å². The van der Waals surface area contributed by atoms with E-state index in [-0.39, 0.29) is 11.7 Å². The average molecular weight is 386 g/mol. The zero-order chi connectivity index (χ0) is 19.6.